The molecule has 0 spiro atoms. The molecule has 2 fully saturated rings. The molecule has 2 aliphatic heterocycles. The predicted octanol–water partition coefficient (Wildman–Crippen LogP) is 2.86. The first-order chi connectivity index (χ1) is 16.5. The van der Waals surface area contributed by atoms with Crippen LogP contribution in [0.3, 0.4) is 0 Å². The number of hydrogen-bond acceptors (Lipinski definition) is 5. The van der Waals surface area contributed by atoms with Gasteiger partial charge in [-0.2, -0.15) is 4.79 Å². The van der Waals surface area contributed by atoms with Gasteiger partial charge >= 0.3 is 14.0 Å². The standard InChI is InChI=1S/C7H10ClNO2.C6H12ClN.C6H9NO3.C4H9N2Si.4U/c8-3-6(10)5-1-2-7(11)9-4-5;1-5(2)6(7)8(3)4;8-5-2-1-4(3-7-5)6(9)10;1-7(2,3)4-6-5;;;;/h5H,1-4H2,(H,9,11);1-4H3;4H,1-3H2,(H,7,8)(H,9,10);4H,1H2,2-3H3;;;;/q;;;+1;;;;. The van der Waals surface area contributed by atoms with Crippen molar-refractivity contribution in [2.75, 3.05) is 33.1 Å². The minimum atomic E-state index is -1.45. The van der Waals surface area contributed by atoms with Crippen molar-refractivity contribution in [2.45, 2.75) is 52.6 Å². The number of hydrogen-bond donors (Lipinski definition) is 3. The number of aliphatic carboxylic acids is 1. The molecule has 17 heteroatoms. The van der Waals surface area contributed by atoms with Gasteiger partial charge in [-0.3, -0.25) is 19.2 Å². The number of halogens is 2. The van der Waals surface area contributed by atoms with E-state index in [1.165, 1.54) is 5.84 Å². The third-order valence-corrected chi connectivity index (χ3v) is 6.47. The zero-order chi connectivity index (χ0) is 28.5. The zero-order valence-electron chi connectivity index (χ0n) is 24.1. The molecule has 0 saturated carbocycles. The number of carboxylic acids is 1. The van der Waals surface area contributed by atoms with E-state index in [0.717, 1.165) is 10.7 Å². The van der Waals surface area contributed by atoms with Crippen molar-refractivity contribution >= 4 is 60.7 Å². The number of nitrogens with one attached hydrogen (secondary N) is 2. The Balaban J connectivity index is -0.0000000946. The quantitative estimate of drug-likeness (QED) is 0.0734. The van der Waals surface area contributed by atoms with Crippen molar-refractivity contribution in [1.82, 2.24) is 15.5 Å². The number of Topliss-reactive ketones (excluding diaryl/α,β-unsaturated/α-hetero) is 1. The largest absolute Gasteiger partial charge is 0.481 e. The molecular weight excluding hydrogens is 1480 g/mol. The molecule has 2 amide bonds. The van der Waals surface area contributed by atoms with Crippen LogP contribution in [0.15, 0.2) is 10.7 Å². The summed E-state index contributed by atoms with van der Waals surface area (Å²) in [5, 5.41) is 14.4. The summed E-state index contributed by atoms with van der Waals surface area (Å²) in [6.07, 6.45) is 1.92. The Hall–Kier alpha value is 1.87. The number of amides is 2. The van der Waals surface area contributed by atoms with Crippen LogP contribution in [0, 0.1) is 143 Å². The van der Waals surface area contributed by atoms with Crippen LogP contribution in [0.25, 0.3) is 5.53 Å². The molecule has 2 unspecified atom stereocenters. The van der Waals surface area contributed by atoms with Crippen LogP contribution in [0.1, 0.15) is 39.5 Å². The van der Waals surface area contributed by atoms with Gasteiger partial charge in [-0.15, -0.1) is 11.6 Å². The molecule has 0 radical (unpaired) electrons. The Morgan fingerprint density at radius 2 is 1.45 bits per heavy atom. The SMILES string of the molecule is CC(C)=C(Cl)N(C)C.O=C1CCC(C(=O)CCl)CN1.O=C1CCC(C(=O)O)CN1.[CH2+][Si](C)(C)C=[N+]=[N-].[U].[U].[U].[U]. The minimum absolute atomic E-state index is 0. The number of carboxylic acid groups (broad SMARTS) is 1. The topological polar surface area (TPSA) is 152 Å². The molecule has 2 aliphatic rings. The Morgan fingerprint density at radius 3 is 1.62 bits per heavy atom. The summed E-state index contributed by atoms with van der Waals surface area (Å²) in [6, 6.07) is 0. The van der Waals surface area contributed by atoms with Crippen molar-refractivity contribution in [3.05, 3.63) is 22.8 Å². The number of carbonyl (C=O) groups excluding carboxylic acids is 3. The van der Waals surface area contributed by atoms with Gasteiger partial charge in [0, 0.05) is 177 Å². The van der Waals surface area contributed by atoms with Crippen LogP contribution >= 0.6 is 23.2 Å². The third-order valence-electron chi connectivity index (χ3n) is 4.68. The van der Waals surface area contributed by atoms with Crippen LogP contribution in [0.4, 0.5) is 0 Å². The summed E-state index contributed by atoms with van der Waals surface area (Å²) in [5.41, 5.74) is 9.12. The zero-order valence-corrected chi connectivity index (χ0v) is 43.2. The molecule has 2 saturated heterocycles. The van der Waals surface area contributed by atoms with Crippen molar-refractivity contribution in [3.63, 3.8) is 0 Å². The Morgan fingerprint density at radius 1 is 1.05 bits per heavy atom. The fraction of sp³-hybridized carbons (Fsp3) is 0.652. The van der Waals surface area contributed by atoms with E-state index in [9.17, 15) is 19.2 Å². The molecule has 10 nitrogen and oxygen atoms in total. The van der Waals surface area contributed by atoms with Crippen LogP contribution in [-0.4, -0.2) is 85.3 Å². The Bertz CT molecular complexity index is 819. The average molecular weight is 1520 g/mol. The van der Waals surface area contributed by atoms with Crippen LogP contribution < -0.4 is 10.6 Å². The molecule has 0 aromatic heterocycles. The van der Waals surface area contributed by atoms with Crippen LogP contribution in [0.2, 0.25) is 13.1 Å². The van der Waals surface area contributed by atoms with E-state index in [-0.39, 0.29) is 166 Å². The normalized spacial score (nSPS) is 16.6. The molecule has 2 atom stereocenters. The van der Waals surface area contributed by atoms with Gasteiger partial charge in [-0.05, 0) is 45.4 Å². The van der Waals surface area contributed by atoms with Crippen molar-refractivity contribution in [2.24, 2.45) is 11.8 Å². The summed E-state index contributed by atoms with van der Waals surface area (Å²) >= 11 is 11.1. The monoisotopic (exact) mass is 1520 g/mol. The molecule has 220 valence electrons. The van der Waals surface area contributed by atoms with E-state index in [0.29, 0.717) is 32.2 Å². The second-order valence-electron chi connectivity index (χ2n) is 9.44. The van der Waals surface area contributed by atoms with E-state index in [4.69, 9.17) is 33.8 Å². The molecule has 0 aromatic rings. The first-order valence-electron chi connectivity index (χ1n) is 11.4. The molecule has 0 aromatic carbocycles. The van der Waals surface area contributed by atoms with Crippen molar-refractivity contribution in [3.8, 4) is 0 Å². The fourth-order valence-corrected chi connectivity index (χ4v) is 3.19. The molecular formula is C23H40Cl2N5O5SiU4+. The van der Waals surface area contributed by atoms with E-state index in [2.05, 4.69) is 22.0 Å². The van der Waals surface area contributed by atoms with Gasteiger partial charge in [0.25, 0.3) is 5.84 Å². The second kappa shape index (κ2) is 30.9. The van der Waals surface area contributed by atoms with Gasteiger partial charge in [0.1, 0.15) is 5.16 Å². The second-order valence-corrected chi connectivity index (χ2v) is 14.3. The van der Waals surface area contributed by atoms with Crippen LogP contribution in [-0.2, 0) is 19.2 Å². The third kappa shape index (κ3) is 31.3. The van der Waals surface area contributed by atoms with Crippen LogP contribution in [0.5, 0.6) is 0 Å². The number of piperidine rings is 2. The maximum Gasteiger partial charge on any atom is 0.375 e. The van der Waals surface area contributed by atoms with Gasteiger partial charge in [0.15, 0.2) is 5.78 Å². The summed E-state index contributed by atoms with van der Waals surface area (Å²) < 4.78 is 0. The smallest absolute Gasteiger partial charge is 0.375 e. The first-order valence-corrected chi connectivity index (χ1v) is 15.6. The summed E-state index contributed by atoms with van der Waals surface area (Å²) in [5.74, 6) is 0.351. The fourth-order valence-electron chi connectivity index (χ4n) is 2.66. The molecule has 2 rings (SSSR count). The molecule has 0 aliphatic carbocycles. The van der Waals surface area contributed by atoms with Gasteiger partial charge in [0.05, 0.1) is 11.8 Å². The maximum atomic E-state index is 11.0. The Kier molecular flexibility index (Phi) is 42.0. The number of carbonyl (C=O) groups is 4. The van der Waals surface area contributed by atoms with Gasteiger partial charge in [-0.1, -0.05) is 11.6 Å². The molecule has 40 heavy (non-hydrogen) atoms. The maximum absolute atomic E-state index is 11.0. The number of rotatable bonds is 5. The van der Waals surface area contributed by atoms with E-state index in [1.54, 1.807) is 0 Å². The first kappa shape index (κ1) is 54.4. The van der Waals surface area contributed by atoms with Gasteiger partial charge in [0.2, 0.25) is 11.8 Å². The summed E-state index contributed by atoms with van der Waals surface area (Å²) in [4.78, 5) is 47.3. The molecule has 3 N–H and O–H groups in total. The average Bonchev–Trinajstić information content (AvgIpc) is 2.79. The number of ketones is 1. The van der Waals surface area contributed by atoms with E-state index >= 15 is 0 Å². The van der Waals surface area contributed by atoms with Crippen molar-refractivity contribution < 1.29 is 154 Å². The minimum Gasteiger partial charge on any atom is -0.481 e. The molecule has 2 heterocycles. The van der Waals surface area contributed by atoms with Gasteiger partial charge in [-0.25, -0.2) is 0 Å². The molecule has 0 bridgehead atoms. The van der Waals surface area contributed by atoms with Crippen molar-refractivity contribution in [1.29, 1.82) is 0 Å². The number of allylic oxidation sites excluding steroid dienone is 1. The number of alkyl halides is 1. The predicted molar refractivity (Wildman–Crippen MR) is 145 cm³/mol. The van der Waals surface area contributed by atoms with E-state index < -0.39 is 14.0 Å². The van der Waals surface area contributed by atoms with Gasteiger partial charge < -0.3 is 26.2 Å². The Labute approximate surface area is 344 Å². The summed E-state index contributed by atoms with van der Waals surface area (Å²) in [6.45, 7) is 12.5. The van der Waals surface area contributed by atoms with E-state index in [1.807, 2.05) is 45.9 Å². The number of nitrogens with zero attached hydrogens (tertiary/aromatic N) is 3. The summed E-state index contributed by atoms with van der Waals surface area (Å²) in [7, 11) is 2.40.